The minimum absolute atomic E-state index is 0.614. The van der Waals surface area contributed by atoms with Crippen LogP contribution in [0.5, 0.6) is 0 Å². The van der Waals surface area contributed by atoms with Gasteiger partial charge in [-0.3, -0.25) is 4.98 Å². The summed E-state index contributed by atoms with van der Waals surface area (Å²) in [5.74, 6) is 0. The topological polar surface area (TPSA) is 41.6 Å². The third-order valence-electron chi connectivity index (χ3n) is 1.86. The molecular formula is C10H9N3S. The fourth-order valence-electron chi connectivity index (χ4n) is 1.23. The number of nitrogens with zero attached hydrogens (tertiary/aromatic N) is 2. The molecule has 1 N–H and O–H groups in total. The van der Waals surface area contributed by atoms with Crippen molar-refractivity contribution in [3.8, 4) is 0 Å². The zero-order valence-electron chi connectivity index (χ0n) is 7.47. The quantitative estimate of drug-likeness (QED) is 0.760. The summed E-state index contributed by atoms with van der Waals surface area (Å²) in [6.45, 7) is 0. The Kier molecular flexibility index (Phi) is 2.65. The molecule has 0 aliphatic carbocycles. The Labute approximate surface area is 86.9 Å². The van der Waals surface area contributed by atoms with E-state index in [-0.39, 0.29) is 0 Å². The van der Waals surface area contributed by atoms with Gasteiger partial charge in [0.1, 0.15) is 4.64 Å². The fraction of sp³-hybridized carbons (Fsp3) is 0.100. The van der Waals surface area contributed by atoms with Crippen molar-refractivity contribution in [1.29, 1.82) is 0 Å². The van der Waals surface area contributed by atoms with Gasteiger partial charge in [-0.2, -0.15) is 0 Å². The molecule has 0 unspecified atom stereocenters. The van der Waals surface area contributed by atoms with Gasteiger partial charge in [-0.1, -0.05) is 18.3 Å². The fourth-order valence-corrected chi connectivity index (χ4v) is 1.43. The van der Waals surface area contributed by atoms with Crippen LogP contribution < -0.4 is 0 Å². The average Bonchev–Trinajstić information content (AvgIpc) is 2.19. The number of aromatic nitrogens is 3. The molecule has 2 aromatic rings. The maximum Gasteiger partial charge on any atom is 0.129 e. The van der Waals surface area contributed by atoms with Crippen molar-refractivity contribution in [1.82, 2.24) is 15.0 Å². The molecule has 0 atom stereocenters. The van der Waals surface area contributed by atoms with Gasteiger partial charge in [0.05, 0.1) is 6.33 Å². The van der Waals surface area contributed by atoms with Gasteiger partial charge in [-0.15, -0.1) is 0 Å². The Balaban J connectivity index is 2.24. The van der Waals surface area contributed by atoms with Crippen LogP contribution in [0.15, 0.2) is 36.9 Å². The van der Waals surface area contributed by atoms with Crippen LogP contribution in [0.4, 0.5) is 0 Å². The predicted octanol–water partition coefficient (Wildman–Crippen LogP) is 2.12. The summed E-state index contributed by atoms with van der Waals surface area (Å²) in [6.07, 6.45) is 6.03. The molecule has 0 aliphatic rings. The first kappa shape index (κ1) is 9.02. The summed E-state index contributed by atoms with van der Waals surface area (Å²) in [5, 5.41) is 0. The average molecular weight is 203 g/mol. The zero-order valence-corrected chi connectivity index (χ0v) is 8.29. The maximum absolute atomic E-state index is 4.97. The molecule has 0 saturated carbocycles. The van der Waals surface area contributed by atoms with Crippen molar-refractivity contribution in [2.75, 3.05) is 0 Å². The molecule has 0 aromatic carbocycles. The Morgan fingerprint density at radius 1 is 1.43 bits per heavy atom. The van der Waals surface area contributed by atoms with Crippen molar-refractivity contribution in [2.45, 2.75) is 6.42 Å². The Hall–Kier alpha value is -1.55. The predicted molar refractivity (Wildman–Crippen MR) is 56.5 cm³/mol. The van der Waals surface area contributed by atoms with E-state index >= 15 is 0 Å². The van der Waals surface area contributed by atoms with Crippen LogP contribution in [-0.4, -0.2) is 15.0 Å². The molecule has 2 aromatic heterocycles. The van der Waals surface area contributed by atoms with Crippen molar-refractivity contribution < 1.29 is 0 Å². The summed E-state index contributed by atoms with van der Waals surface area (Å²) < 4.78 is 0.614. The van der Waals surface area contributed by atoms with E-state index in [0.717, 1.165) is 17.7 Å². The van der Waals surface area contributed by atoms with Crippen molar-refractivity contribution >= 4 is 12.2 Å². The highest BCUT2D eigenvalue weighted by molar-refractivity contribution is 7.71. The SMILES string of the molecule is S=c1cc(Cc2cccnc2)[nH]cn1. The van der Waals surface area contributed by atoms with Gasteiger partial charge in [0, 0.05) is 24.5 Å². The van der Waals surface area contributed by atoms with Crippen LogP contribution in [0.3, 0.4) is 0 Å². The summed E-state index contributed by atoms with van der Waals surface area (Å²) >= 11 is 4.97. The van der Waals surface area contributed by atoms with Gasteiger partial charge in [-0.05, 0) is 17.7 Å². The second kappa shape index (κ2) is 4.11. The molecule has 3 nitrogen and oxygen atoms in total. The second-order valence-corrected chi connectivity index (χ2v) is 3.37. The third-order valence-corrected chi connectivity index (χ3v) is 2.08. The molecule has 70 valence electrons. The number of hydrogen-bond donors (Lipinski definition) is 1. The number of pyridine rings is 1. The molecule has 0 amide bonds. The lowest BCUT2D eigenvalue weighted by Gasteiger charge is -2.00. The van der Waals surface area contributed by atoms with Gasteiger partial charge in [-0.25, -0.2) is 4.98 Å². The lowest BCUT2D eigenvalue weighted by molar-refractivity contribution is 1.01. The minimum Gasteiger partial charge on any atom is -0.349 e. The molecule has 2 rings (SSSR count). The Bertz CT molecular complexity index is 464. The van der Waals surface area contributed by atoms with Crippen LogP contribution >= 0.6 is 12.2 Å². The van der Waals surface area contributed by atoms with Gasteiger partial charge in [0.2, 0.25) is 0 Å². The van der Waals surface area contributed by atoms with E-state index in [1.165, 1.54) is 0 Å². The highest BCUT2D eigenvalue weighted by Crippen LogP contribution is 2.04. The van der Waals surface area contributed by atoms with Crippen molar-refractivity contribution in [3.05, 3.63) is 52.8 Å². The van der Waals surface area contributed by atoms with Crippen molar-refractivity contribution in [2.24, 2.45) is 0 Å². The van der Waals surface area contributed by atoms with E-state index in [2.05, 4.69) is 15.0 Å². The smallest absolute Gasteiger partial charge is 0.129 e. The monoisotopic (exact) mass is 203 g/mol. The number of rotatable bonds is 2. The lowest BCUT2D eigenvalue weighted by Crippen LogP contribution is -1.93. The van der Waals surface area contributed by atoms with Gasteiger partial charge >= 0.3 is 0 Å². The molecule has 4 heteroatoms. The van der Waals surface area contributed by atoms with E-state index in [1.54, 1.807) is 12.5 Å². The van der Waals surface area contributed by atoms with E-state index in [0.29, 0.717) is 4.64 Å². The van der Waals surface area contributed by atoms with Crippen LogP contribution in [0, 0.1) is 4.64 Å². The molecule has 14 heavy (non-hydrogen) atoms. The van der Waals surface area contributed by atoms with Crippen LogP contribution in [0.1, 0.15) is 11.3 Å². The van der Waals surface area contributed by atoms with E-state index in [1.807, 2.05) is 24.4 Å². The molecule has 0 radical (unpaired) electrons. The first-order chi connectivity index (χ1) is 6.84. The maximum atomic E-state index is 4.97. The summed E-state index contributed by atoms with van der Waals surface area (Å²) in [4.78, 5) is 11.0. The summed E-state index contributed by atoms with van der Waals surface area (Å²) in [6, 6.07) is 5.82. The van der Waals surface area contributed by atoms with Crippen LogP contribution in [0.2, 0.25) is 0 Å². The first-order valence-electron chi connectivity index (χ1n) is 4.27. The van der Waals surface area contributed by atoms with Gasteiger partial charge in [0.25, 0.3) is 0 Å². The highest BCUT2D eigenvalue weighted by atomic mass is 32.1. The molecule has 2 heterocycles. The normalized spacial score (nSPS) is 10.0. The van der Waals surface area contributed by atoms with Gasteiger partial charge in [0.15, 0.2) is 0 Å². The third kappa shape index (κ3) is 2.23. The lowest BCUT2D eigenvalue weighted by atomic mass is 10.1. The molecular weight excluding hydrogens is 194 g/mol. The summed E-state index contributed by atoms with van der Waals surface area (Å²) in [7, 11) is 0. The number of H-pyrrole nitrogens is 1. The molecule has 0 spiro atoms. The zero-order chi connectivity index (χ0) is 9.80. The van der Waals surface area contributed by atoms with Crippen molar-refractivity contribution in [3.63, 3.8) is 0 Å². The largest absolute Gasteiger partial charge is 0.349 e. The van der Waals surface area contributed by atoms with Crippen LogP contribution in [0.25, 0.3) is 0 Å². The molecule has 0 saturated heterocycles. The van der Waals surface area contributed by atoms with E-state index in [9.17, 15) is 0 Å². The first-order valence-corrected chi connectivity index (χ1v) is 4.68. The van der Waals surface area contributed by atoms with Crippen LogP contribution in [-0.2, 0) is 6.42 Å². The summed E-state index contributed by atoms with van der Waals surface area (Å²) in [5.41, 5.74) is 2.21. The number of nitrogens with one attached hydrogen (secondary N) is 1. The standard InChI is InChI=1S/C10H9N3S/c14-10-5-9(12-7-13-10)4-8-2-1-3-11-6-8/h1-3,5-7H,4H2,(H,12,13,14). The molecule has 0 aliphatic heterocycles. The Morgan fingerprint density at radius 2 is 2.36 bits per heavy atom. The molecule has 0 bridgehead atoms. The molecule has 0 fully saturated rings. The minimum atomic E-state index is 0.614. The number of hydrogen-bond acceptors (Lipinski definition) is 3. The second-order valence-electron chi connectivity index (χ2n) is 2.95. The van der Waals surface area contributed by atoms with E-state index < -0.39 is 0 Å². The highest BCUT2D eigenvalue weighted by Gasteiger charge is 1.95. The van der Waals surface area contributed by atoms with Gasteiger partial charge < -0.3 is 4.98 Å². The number of aromatic amines is 1. The van der Waals surface area contributed by atoms with E-state index in [4.69, 9.17) is 12.2 Å². The Morgan fingerprint density at radius 3 is 3.07 bits per heavy atom.